The maximum Gasteiger partial charge on any atom is 0.349 e. The maximum atomic E-state index is 12.5. The first-order valence-electron chi connectivity index (χ1n) is 6.93. The van der Waals surface area contributed by atoms with Crippen LogP contribution in [-0.2, 0) is 22.5 Å². The molecule has 2 aromatic rings. The van der Waals surface area contributed by atoms with Crippen LogP contribution in [0.5, 0.6) is 0 Å². The minimum atomic E-state index is -1.02. The van der Waals surface area contributed by atoms with E-state index in [9.17, 15) is 14.4 Å². The number of carbonyl (C=O) groups excluding carboxylic acids is 2. The van der Waals surface area contributed by atoms with E-state index in [1.54, 1.807) is 11.5 Å². The molecule has 0 saturated heterocycles. The molecule has 1 aliphatic heterocycles. The standard InChI is InChI=1S/C14H15N3O4S/c1-6-9-12(16-8-4-3-5-17(8)13(9)19)22-10(6)14(20)21-7(2)11(15)18/h7H,3-5H2,1-2H3,(H2,15,18)/t7-/m0/s1. The lowest BCUT2D eigenvalue weighted by molar-refractivity contribution is -0.125. The number of rotatable bonds is 3. The number of aromatic nitrogens is 2. The van der Waals surface area contributed by atoms with Crippen LogP contribution in [0.3, 0.4) is 0 Å². The van der Waals surface area contributed by atoms with E-state index in [1.807, 2.05) is 0 Å². The number of amides is 1. The van der Waals surface area contributed by atoms with Crippen LogP contribution >= 0.6 is 11.3 Å². The number of aryl methyl sites for hydroxylation is 2. The van der Waals surface area contributed by atoms with Crippen molar-refractivity contribution in [1.29, 1.82) is 0 Å². The fourth-order valence-corrected chi connectivity index (χ4v) is 3.62. The van der Waals surface area contributed by atoms with Gasteiger partial charge in [-0.1, -0.05) is 0 Å². The zero-order valence-electron chi connectivity index (χ0n) is 12.2. The summed E-state index contributed by atoms with van der Waals surface area (Å²) in [7, 11) is 0. The Kier molecular flexibility index (Phi) is 3.48. The molecule has 2 aromatic heterocycles. The average Bonchev–Trinajstić information content (AvgIpc) is 3.04. The second kappa shape index (κ2) is 5.20. The molecule has 0 saturated carbocycles. The highest BCUT2D eigenvalue weighted by molar-refractivity contribution is 7.20. The Morgan fingerprint density at radius 2 is 2.18 bits per heavy atom. The van der Waals surface area contributed by atoms with Crippen LogP contribution in [0.4, 0.5) is 0 Å². The number of nitrogens with zero attached hydrogens (tertiary/aromatic N) is 2. The third kappa shape index (κ3) is 2.19. The monoisotopic (exact) mass is 321 g/mol. The van der Waals surface area contributed by atoms with Gasteiger partial charge in [0.2, 0.25) is 0 Å². The number of hydrogen-bond donors (Lipinski definition) is 1. The van der Waals surface area contributed by atoms with Gasteiger partial charge in [-0.15, -0.1) is 11.3 Å². The highest BCUT2D eigenvalue weighted by Gasteiger charge is 2.25. The first kappa shape index (κ1) is 14.7. The van der Waals surface area contributed by atoms with E-state index >= 15 is 0 Å². The zero-order valence-corrected chi connectivity index (χ0v) is 13.0. The first-order chi connectivity index (χ1) is 10.4. The van der Waals surface area contributed by atoms with Crippen molar-refractivity contribution in [2.75, 3.05) is 0 Å². The molecule has 0 unspecified atom stereocenters. The van der Waals surface area contributed by atoms with Crippen LogP contribution in [0, 0.1) is 6.92 Å². The minimum absolute atomic E-state index is 0.117. The van der Waals surface area contributed by atoms with Crippen LogP contribution in [-0.4, -0.2) is 27.5 Å². The van der Waals surface area contributed by atoms with Crippen molar-refractivity contribution in [2.24, 2.45) is 5.73 Å². The summed E-state index contributed by atoms with van der Waals surface area (Å²) in [5, 5.41) is 0.453. The van der Waals surface area contributed by atoms with E-state index in [-0.39, 0.29) is 10.4 Å². The van der Waals surface area contributed by atoms with Gasteiger partial charge in [-0.05, 0) is 25.8 Å². The van der Waals surface area contributed by atoms with E-state index in [0.29, 0.717) is 22.3 Å². The number of nitrogens with two attached hydrogens (primary N) is 1. The summed E-state index contributed by atoms with van der Waals surface area (Å²) in [6.07, 6.45) is 0.653. The molecule has 8 heteroatoms. The van der Waals surface area contributed by atoms with Crippen LogP contribution in [0.2, 0.25) is 0 Å². The third-order valence-corrected chi connectivity index (χ3v) is 4.95. The summed E-state index contributed by atoms with van der Waals surface area (Å²) in [6, 6.07) is 0. The summed E-state index contributed by atoms with van der Waals surface area (Å²) in [5.41, 5.74) is 5.51. The van der Waals surface area contributed by atoms with Gasteiger partial charge in [0, 0.05) is 13.0 Å². The van der Waals surface area contributed by atoms with Gasteiger partial charge in [0.05, 0.1) is 5.39 Å². The van der Waals surface area contributed by atoms with Gasteiger partial charge in [0.25, 0.3) is 11.5 Å². The molecule has 0 spiro atoms. The molecule has 0 aromatic carbocycles. The predicted octanol–water partition coefficient (Wildman–Crippen LogP) is 0.743. The van der Waals surface area contributed by atoms with Crippen molar-refractivity contribution < 1.29 is 14.3 Å². The second-order valence-corrected chi connectivity index (χ2v) is 6.27. The SMILES string of the molecule is Cc1c(C(=O)O[C@@H](C)C(N)=O)sc2nc3n(c(=O)c12)CCC3. The summed E-state index contributed by atoms with van der Waals surface area (Å²) in [4.78, 5) is 41.0. The van der Waals surface area contributed by atoms with Crippen molar-refractivity contribution in [3.8, 4) is 0 Å². The molecular weight excluding hydrogens is 306 g/mol. The topological polar surface area (TPSA) is 104 Å². The molecular formula is C14H15N3O4S. The molecule has 0 fully saturated rings. The van der Waals surface area contributed by atoms with Gasteiger partial charge in [0.15, 0.2) is 6.10 Å². The lowest BCUT2D eigenvalue weighted by atomic mass is 10.2. The van der Waals surface area contributed by atoms with Crippen molar-refractivity contribution in [2.45, 2.75) is 39.3 Å². The molecule has 22 heavy (non-hydrogen) atoms. The van der Waals surface area contributed by atoms with Crippen LogP contribution in [0.1, 0.15) is 34.4 Å². The Morgan fingerprint density at radius 3 is 2.86 bits per heavy atom. The Balaban J connectivity index is 2.08. The molecule has 0 bridgehead atoms. The molecule has 7 nitrogen and oxygen atoms in total. The van der Waals surface area contributed by atoms with E-state index in [4.69, 9.17) is 10.5 Å². The summed E-state index contributed by atoms with van der Waals surface area (Å²) >= 11 is 1.11. The Hall–Kier alpha value is -2.22. The minimum Gasteiger partial charge on any atom is -0.448 e. The summed E-state index contributed by atoms with van der Waals surface area (Å²) < 4.78 is 6.67. The number of thiophene rings is 1. The summed E-state index contributed by atoms with van der Waals surface area (Å²) in [5.74, 6) is -0.621. The average molecular weight is 321 g/mol. The number of ether oxygens (including phenoxy) is 1. The van der Waals surface area contributed by atoms with Crippen molar-refractivity contribution in [3.05, 3.63) is 26.6 Å². The maximum absolute atomic E-state index is 12.5. The molecule has 1 amide bonds. The van der Waals surface area contributed by atoms with E-state index in [1.165, 1.54) is 6.92 Å². The number of fused-ring (bicyclic) bond motifs is 2. The molecule has 3 rings (SSSR count). The van der Waals surface area contributed by atoms with Gasteiger partial charge in [-0.2, -0.15) is 0 Å². The van der Waals surface area contributed by atoms with Gasteiger partial charge >= 0.3 is 5.97 Å². The zero-order chi connectivity index (χ0) is 16.0. The molecule has 0 aliphatic carbocycles. The van der Waals surface area contributed by atoms with E-state index in [2.05, 4.69) is 4.98 Å². The molecule has 3 heterocycles. The Labute approximate surface area is 129 Å². The third-order valence-electron chi connectivity index (χ3n) is 3.78. The smallest absolute Gasteiger partial charge is 0.349 e. The quantitative estimate of drug-likeness (QED) is 0.840. The Morgan fingerprint density at radius 1 is 1.45 bits per heavy atom. The predicted molar refractivity (Wildman–Crippen MR) is 81.0 cm³/mol. The normalized spacial score (nSPS) is 14.8. The molecule has 2 N–H and O–H groups in total. The van der Waals surface area contributed by atoms with E-state index in [0.717, 1.165) is 30.0 Å². The second-order valence-electron chi connectivity index (χ2n) is 5.27. The van der Waals surface area contributed by atoms with Crippen molar-refractivity contribution in [3.63, 3.8) is 0 Å². The molecule has 0 radical (unpaired) electrons. The Bertz CT molecular complexity index is 852. The summed E-state index contributed by atoms with van der Waals surface area (Å²) in [6.45, 7) is 3.75. The fourth-order valence-electron chi connectivity index (χ4n) is 2.54. The molecule has 116 valence electrons. The number of esters is 1. The van der Waals surface area contributed by atoms with Crippen LogP contribution in [0.25, 0.3) is 10.2 Å². The van der Waals surface area contributed by atoms with Gasteiger partial charge in [-0.25, -0.2) is 9.78 Å². The number of carbonyl (C=O) groups is 2. The van der Waals surface area contributed by atoms with Gasteiger partial charge in [-0.3, -0.25) is 14.2 Å². The highest BCUT2D eigenvalue weighted by atomic mass is 32.1. The molecule has 1 aliphatic rings. The number of hydrogen-bond acceptors (Lipinski definition) is 6. The first-order valence-corrected chi connectivity index (χ1v) is 7.75. The highest BCUT2D eigenvalue weighted by Crippen LogP contribution is 2.29. The van der Waals surface area contributed by atoms with Crippen LogP contribution in [0.15, 0.2) is 4.79 Å². The molecule has 1 atom stereocenters. The van der Waals surface area contributed by atoms with Gasteiger partial charge in [0.1, 0.15) is 15.5 Å². The number of primary amides is 1. The fraction of sp³-hybridized carbons (Fsp3) is 0.429. The lowest BCUT2D eigenvalue weighted by Crippen LogP contribution is -2.30. The van der Waals surface area contributed by atoms with Crippen molar-refractivity contribution in [1.82, 2.24) is 9.55 Å². The van der Waals surface area contributed by atoms with Gasteiger partial charge < -0.3 is 10.5 Å². The lowest BCUT2D eigenvalue weighted by Gasteiger charge is -2.08. The largest absolute Gasteiger partial charge is 0.448 e. The van der Waals surface area contributed by atoms with Crippen molar-refractivity contribution >= 4 is 33.4 Å². The van der Waals surface area contributed by atoms with E-state index < -0.39 is 18.0 Å². The van der Waals surface area contributed by atoms with Crippen LogP contribution < -0.4 is 11.3 Å².